The van der Waals surface area contributed by atoms with E-state index in [1.807, 2.05) is 30.3 Å². The summed E-state index contributed by atoms with van der Waals surface area (Å²) in [4.78, 5) is 21.6. The molecule has 2 rings (SSSR count). The van der Waals surface area contributed by atoms with Crippen molar-refractivity contribution in [3.8, 4) is 0 Å². The highest BCUT2D eigenvalue weighted by molar-refractivity contribution is 5.88. The molecule has 0 amide bonds. The van der Waals surface area contributed by atoms with E-state index >= 15 is 0 Å². The molecule has 0 aliphatic heterocycles. The summed E-state index contributed by atoms with van der Waals surface area (Å²) < 4.78 is 0. The zero-order valence-corrected chi connectivity index (χ0v) is 10.0. The zero-order chi connectivity index (χ0) is 13.8. The van der Waals surface area contributed by atoms with Crippen LogP contribution in [0.2, 0.25) is 0 Å². The Morgan fingerprint density at radius 1 is 1.05 bits per heavy atom. The van der Waals surface area contributed by atoms with Crippen LogP contribution in [0.25, 0.3) is 10.8 Å². The summed E-state index contributed by atoms with van der Waals surface area (Å²) in [5.74, 6) is -2.34. The monoisotopic (exact) mass is 259 g/mol. The quantitative estimate of drug-likeness (QED) is 0.766. The minimum absolute atomic E-state index is 0.470. The zero-order valence-electron chi connectivity index (χ0n) is 10.0. The van der Waals surface area contributed by atoms with E-state index in [9.17, 15) is 9.59 Å². The van der Waals surface area contributed by atoms with Crippen LogP contribution in [0.3, 0.4) is 0 Å². The maximum atomic E-state index is 11.0. The van der Waals surface area contributed by atoms with Crippen LogP contribution < -0.4 is 5.32 Å². The lowest BCUT2D eigenvalue weighted by molar-refractivity contribution is -0.144. The van der Waals surface area contributed by atoms with Gasteiger partial charge in [-0.2, -0.15) is 0 Å². The molecular weight excluding hydrogens is 246 g/mol. The van der Waals surface area contributed by atoms with Gasteiger partial charge < -0.3 is 15.5 Å². The normalized spacial score (nSPS) is 12.0. The number of carboxylic acid groups (broad SMARTS) is 2. The van der Waals surface area contributed by atoms with Crippen molar-refractivity contribution in [3.63, 3.8) is 0 Å². The number of rotatable bonds is 5. The lowest BCUT2D eigenvalue weighted by Crippen LogP contribution is -2.31. The van der Waals surface area contributed by atoms with Crippen LogP contribution in [0, 0.1) is 0 Å². The fraction of sp³-hybridized carbons (Fsp3) is 0.143. The fourth-order valence-corrected chi connectivity index (χ4v) is 1.85. The number of hydrogen-bond donors (Lipinski definition) is 3. The molecule has 0 aliphatic rings. The number of carboxylic acids is 2. The van der Waals surface area contributed by atoms with E-state index in [1.165, 1.54) is 0 Å². The topological polar surface area (TPSA) is 86.6 Å². The molecule has 0 aromatic heterocycles. The lowest BCUT2D eigenvalue weighted by atomic mass is 10.1. The van der Waals surface area contributed by atoms with Gasteiger partial charge in [0.25, 0.3) is 0 Å². The van der Waals surface area contributed by atoms with Crippen LogP contribution in [0.5, 0.6) is 0 Å². The Kier molecular flexibility index (Phi) is 3.66. The third kappa shape index (κ3) is 3.22. The number of anilines is 1. The molecule has 0 fully saturated rings. The van der Waals surface area contributed by atoms with E-state index in [1.54, 1.807) is 12.1 Å². The molecule has 0 aliphatic carbocycles. The van der Waals surface area contributed by atoms with Crippen molar-refractivity contribution >= 4 is 28.4 Å². The first kappa shape index (κ1) is 12.9. The van der Waals surface area contributed by atoms with Crippen LogP contribution in [-0.4, -0.2) is 28.2 Å². The molecule has 0 saturated heterocycles. The van der Waals surface area contributed by atoms with E-state index < -0.39 is 24.4 Å². The van der Waals surface area contributed by atoms with Gasteiger partial charge in [0, 0.05) is 5.69 Å². The first-order chi connectivity index (χ1) is 9.06. The SMILES string of the molecule is O=C(O)CC(Nc1ccc2ccccc2c1)C(=O)O. The summed E-state index contributed by atoms with van der Waals surface area (Å²) >= 11 is 0. The number of fused-ring (bicyclic) bond motifs is 1. The second-order valence-electron chi connectivity index (χ2n) is 4.19. The van der Waals surface area contributed by atoms with Crippen molar-refractivity contribution in [2.45, 2.75) is 12.5 Å². The van der Waals surface area contributed by atoms with E-state index in [0.29, 0.717) is 5.69 Å². The molecule has 0 spiro atoms. The molecule has 0 radical (unpaired) electrons. The van der Waals surface area contributed by atoms with E-state index in [0.717, 1.165) is 10.8 Å². The van der Waals surface area contributed by atoms with Gasteiger partial charge in [-0.05, 0) is 22.9 Å². The maximum absolute atomic E-state index is 11.0. The molecule has 0 heterocycles. The Morgan fingerprint density at radius 3 is 2.37 bits per heavy atom. The third-order valence-corrected chi connectivity index (χ3v) is 2.77. The average Bonchev–Trinajstić information content (AvgIpc) is 2.37. The molecule has 5 heteroatoms. The number of nitrogens with one attached hydrogen (secondary N) is 1. The predicted molar refractivity (Wildman–Crippen MR) is 71.2 cm³/mol. The molecule has 98 valence electrons. The molecule has 5 nitrogen and oxygen atoms in total. The molecule has 3 N–H and O–H groups in total. The number of aliphatic carboxylic acids is 2. The predicted octanol–water partition coefficient (Wildman–Crippen LogP) is 2.18. The summed E-state index contributed by atoms with van der Waals surface area (Å²) in [7, 11) is 0. The summed E-state index contributed by atoms with van der Waals surface area (Å²) in [6, 6.07) is 11.9. The van der Waals surface area contributed by atoms with Crippen molar-refractivity contribution in [2.75, 3.05) is 5.32 Å². The Labute approximate surface area is 109 Å². The Balaban J connectivity index is 2.23. The molecule has 19 heavy (non-hydrogen) atoms. The van der Waals surface area contributed by atoms with Crippen LogP contribution in [0.15, 0.2) is 42.5 Å². The lowest BCUT2D eigenvalue weighted by Gasteiger charge is -2.14. The fourth-order valence-electron chi connectivity index (χ4n) is 1.85. The number of carbonyl (C=O) groups is 2. The summed E-state index contributed by atoms with van der Waals surface area (Å²) in [6.45, 7) is 0. The van der Waals surface area contributed by atoms with Crippen molar-refractivity contribution in [2.24, 2.45) is 0 Å². The van der Waals surface area contributed by atoms with E-state index in [2.05, 4.69) is 5.32 Å². The van der Waals surface area contributed by atoms with Gasteiger partial charge in [-0.3, -0.25) is 4.79 Å². The Bertz CT molecular complexity index is 624. The van der Waals surface area contributed by atoms with Crippen molar-refractivity contribution in [1.29, 1.82) is 0 Å². The van der Waals surface area contributed by atoms with Crippen LogP contribution in [0.4, 0.5) is 5.69 Å². The first-order valence-electron chi connectivity index (χ1n) is 5.76. The van der Waals surface area contributed by atoms with Gasteiger partial charge in [0.2, 0.25) is 0 Å². The van der Waals surface area contributed by atoms with Gasteiger partial charge in [0.1, 0.15) is 6.04 Å². The van der Waals surface area contributed by atoms with Crippen molar-refractivity contribution in [1.82, 2.24) is 0 Å². The van der Waals surface area contributed by atoms with Gasteiger partial charge in [0.15, 0.2) is 0 Å². The summed E-state index contributed by atoms with van der Waals surface area (Å²) in [6.07, 6.45) is -0.470. The van der Waals surface area contributed by atoms with Crippen LogP contribution in [-0.2, 0) is 9.59 Å². The first-order valence-corrected chi connectivity index (χ1v) is 5.76. The third-order valence-electron chi connectivity index (χ3n) is 2.77. The molecule has 1 atom stereocenters. The molecule has 0 saturated carbocycles. The molecule has 1 unspecified atom stereocenters. The second kappa shape index (κ2) is 5.39. The van der Waals surface area contributed by atoms with Gasteiger partial charge in [-0.25, -0.2) is 4.79 Å². The van der Waals surface area contributed by atoms with Crippen molar-refractivity contribution < 1.29 is 19.8 Å². The van der Waals surface area contributed by atoms with Crippen molar-refractivity contribution in [3.05, 3.63) is 42.5 Å². The highest BCUT2D eigenvalue weighted by Gasteiger charge is 2.20. The minimum atomic E-state index is -1.18. The highest BCUT2D eigenvalue weighted by Crippen LogP contribution is 2.19. The van der Waals surface area contributed by atoms with Gasteiger partial charge >= 0.3 is 11.9 Å². The number of benzene rings is 2. The second-order valence-corrected chi connectivity index (χ2v) is 4.19. The standard InChI is InChI=1S/C14H13NO4/c16-13(17)8-12(14(18)19)15-11-6-5-9-3-1-2-4-10(9)7-11/h1-7,12,15H,8H2,(H,16,17)(H,18,19). The van der Waals surface area contributed by atoms with E-state index in [4.69, 9.17) is 10.2 Å². The Morgan fingerprint density at radius 2 is 1.74 bits per heavy atom. The largest absolute Gasteiger partial charge is 0.481 e. The molecule has 0 bridgehead atoms. The van der Waals surface area contributed by atoms with Crippen LogP contribution in [0.1, 0.15) is 6.42 Å². The summed E-state index contributed by atoms with van der Waals surface area (Å²) in [5.41, 5.74) is 0.590. The van der Waals surface area contributed by atoms with E-state index in [-0.39, 0.29) is 0 Å². The average molecular weight is 259 g/mol. The maximum Gasteiger partial charge on any atom is 0.326 e. The van der Waals surface area contributed by atoms with Gasteiger partial charge in [-0.1, -0.05) is 30.3 Å². The molecule has 2 aromatic carbocycles. The molecular formula is C14H13NO4. The summed E-state index contributed by atoms with van der Waals surface area (Å²) in [5, 5.41) is 22.4. The van der Waals surface area contributed by atoms with Gasteiger partial charge in [0.05, 0.1) is 6.42 Å². The molecule has 2 aromatic rings. The number of hydrogen-bond acceptors (Lipinski definition) is 3. The smallest absolute Gasteiger partial charge is 0.326 e. The van der Waals surface area contributed by atoms with Gasteiger partial charge in [-0.15, -0.1) is 0 Å². The Hall–Kier alpha value is -2.56. The minimum Gasteiger partial charge on any atom is -0.481 e. The highest BCUT2D eigenvalue weighted by atomic mass is 16.4. The van der Waals surface area contributed by atoms with Crippen LogP contribution >= 0.6 is 0 Å².